The molecule has 1 saturated heterocycles. The molecule has 5 nitrogen and oxygen atoms in total. The van der Waals surface area contributed by atoms with Crippen molar-refractivity contribution in [3.8, 4) is 0 Å². The minimum Gasteiger partial charge on any atom is -0.394 e. The predicted molar refractivity (Wildman–Crippen MR) is 87.3 cm³/mol. The van der Waals surface area contributed by atoms with Gasteiger partial charge in [-0.3, -0.25) is 0 Å². The summed E-state index contributed by atoms with van der Waals surface area (Å²) in [6.45, 7) is 3.47. The molecule has 2 N–H and O–H groups in total. The van der Waals surface area contributed by atoms with Gasteiger partial charge in [-0.15, -0.1) is 0 Å². The molecule has 1 saturated carbocycles. The van der Waals surface area contributed by atoms with Gasteiger partial charge in [0, 0.05) is 16.7 Å². The second kappa shape index (κ2) is 6.03. The maximum absolute atomic E-state index is 9.57. The molecule has 0 amide bonds. The van der Waals surface area contributed by atoms with Crippen LogP contribution in [-0.2, 0) is 4.74 Å². The lowest BCUT2D eigenvalue weighted by Crippen LogP contribution is -2.48. The molecule has 0 bridgehead atoms. The zero-order chi connectivity index (χ0) is 14.0. The largest absolute Gasteiger partial charge is 0.394 e. The lowest BCUT2D eigenvalue weighted by atomic mass is 9.77. The quantitative estimate of drug-likeness (QED) is 0.770. The fourth-order valence-electron chi connectivity index (χ4n) is 2.70. The number of hydrogen-bond donors (Lipinski definition) is 2. The molecule has 1 aliphatic heterocycles. The highest BCUT2D eigenvalue weighted by molar-refractivity contribution is 14.1. The molecule has 2 fully saturated rings. The van der Waals surface area contributed by atoms with Crippen LogP contribution in [0, 0.1) is 3.57 Å². The van der Waals surface area contributed by atoms with Crippen LogP contribution in [0.2, 0.25) is 0 Å². The summed E-state index contributed by atoms with van der Waals surface area (Å²) in [4.78, 5) is 6.97. The van der Waals surface area contributed by atoms with Gasteiger partial charge in [-0.1, -0.05) is 0 Å². The highest BCUT2D eigenvalue weighted by atomic mass is 127. The minimum atomic E-state index is -0.153. The van der Waals surface area contributed by atoms with Gasteiger partial charge in [0.25, 0.3) is 0 Å². The Hall–Kier alpha value is -0.600. The highest BCUT2D eigenvalue weighted by Gasteiger charge is 2.36. The monoisotopic (exact) mass is 389 g/mol. The topological polar surface area (TPSA) is 57.6 Å². The maximum atomic E-state index is 9.57. The van der Waals surface area contributed by atoms with E-state index in [1.54, 1.807) is 0 Å². The van der Waals surface area contributed by atoms with Crippen molar-refractivity contribution in [1.82, 2.24) is 4.98 Å². The summed E-state index contributed by atoms with van der Waals surface area (Å²) in [6, 6.07) is 4.14. The number of aliphatic hydroxyl groups excluding tert-OH is 1. The number of nitrogens with one attached hydrogen (secondary N) is 1. The number of aromatic nitrogens is 1. The number of pyridine rings is 1. The lowest BCUT2D eigenvalue weighted by Gasteiger charge is -2.41. The first-order chi connectivity index (χ1) is 9.71. The Morgan fingerprint density at radius 2 is 2.10 bits per heavy atom. The average molecular weight is 389 g/mol. The van der Waals surface area contributed by atoms with Gasteiger partial charge in [0.1, 0.15) is 11.6 Å². The van der Waals surface area contributed by atoms with Gasteiger partial charge in [0.2, 0.25) is 0 Å². The molecule has 0 spiro atoms. The number of aliphatic hydroxyl groups is 1. The van der Waals surface area contributed by atoms with E-state index in [4.69, 9.17) is 9.72 Å². The summed E-state index contributed by atoms with van der Waals surface area (Å²) in [6.07, 6.45) is 3.21. The van der Waals surface area contributed by atoms with Crippen LogP contribution >= 0.6 is 22.6 Å². The molecular formula is C14H20IN3O2. The minimum absolute atomic E-state index is 0.153. The molecule has 1 aromatic heterocycles. The van der Waals surface area contributed by atoms with Crippen molar-refractivity contribution in [2.45, 2.75) is 24.8 Å². The van der Waals surface area contributed by atoms with Gasteiger partial charge < -0.3 is 20.1 Å². The second-order valence-electron chi connectivity index (χ2n) is 5.55. The number of anilines is 2. The fraction of sp³-hybridized carbons (Fsp3) is 0.643. The van der Waals surface area contributed by atoms with Gasteiger partial charge in [-0.2, -0.15) is 0 Å². The Labute approximate surface area is 132 Å². The predicted octanol–water partition coefficient (Wildman–Crippen LogP) is 1.85. The van der Waals surface area contributed by atoms with Crippen LogP contribution in [0.25, 0.3) is 0 Å². The van der Waals surface area contributed by atoms with E-state index >= 15 is 0 Å². The Balaban J connectivity index is 1.79. The first-order valence-corrected chi connectivity index (χ1v) is 8.18. The number of ether oxygens (including phenoxy) is 1. The molecule has 20 heavy (non-hydrogen) atoms. The van der Waals surface area contributed by atoms with E-state index in [-0.39, 0.29) is 12.1 Å². The van der Waals surface area contributed by atoms with E-state index in [0.29, 0.717) is 0 Å². The van der Waals surface area contributed by atoms with Crippen molar-refractivity contribution in [1.29, 1.82) is 0 Å². The SMILES string of the molecule is OCC1(Nc2cc(I)cc(N3CCOCC3)n2)CCC1. The van der Waals surface area contributed by atoms with E-state index in [1.165, 1.54) is 6.42 Å². The van der Waals surface area contributed by atoms with Crippen LogP contribution in [0.15, 0.2) is 12.1 Å². The van der Waals surface area contributed by atoms with E-state index < -0.39 is 0 Å². The Bertz CT molecular complexity index is 468. The van der Waals surface area contributed by atoms with Crippen molar-refractivity contribution >= 4 is 34.2 Å². The lowest BCUT2D eigenvalue weighted by molar-refractivity contribution is 0.122. The van der Waals surface area contributed by atoms with E-state index in [2.05, 4.69) is 38.9 Å². The molecule has 0 aromatic carbocycles. The van der Waals surface area contributed by atoms with Gasteiger partial charge >= 0.3 is 0 Å². The van der Waals surface area contributed by atoms with Gasteiger partial charge in [-0.05, 0) is 54.0 Å². The van der Waals surface area contributed by atoms with Crippen LogP contribution in [0.4, 0.5) is 11.6 Å². The van der Waals surface area contributed by atoms with Crippen molar-refractivity contribution in [2.75, 3.05) is 43.1 Å². The standard InChI is InChI=1S/C14H20IN3O2/c15-11-8-12(17-14(10-19)2-1-3-14)16-13(9-11)18-4-6-20-7-5-18/h8-9,19H,1-7,10H2,(H,16,17). The van der Waals surface area contributed by atoms with Crippen LogP contribution in [-0.4, -0.2) is 48.5 Å². The smallest absolute Gasteiger partial charge is 0.132 e. The van der Waals surface area contributed by atoms with Crippen molar-refractivity contribution in [3.63, 3.8) is 0 Å². The Morgan fingerprint density at radius 3 is 2.70 bits per heavy atom. The molecule has 1 aromatic rings. The van der Waals surface area contributed by atoms with Gasteiger partial charge in [0.05, 0.1) is 25.4 Å². The van der Waals surface area contributed by atoms with Crippen LogP contribution in [0.3, 0.4) is 0 Å². The number of halogens is 1. The molecule has 3 rings (SSSR count). The molecule has 0 radical (unpaired) electrons. The molecule has 0 unspecified atom stereocenters. The van der Waals surface area contributed by atoms with E-state index in [9.17, 15) is 5.11 Å². The molecule has 110 valence electrons. The van der Waals surface area contributed by atoms with Gasteiger partial charge in [-0.25, -0.2) is 4.98 Å². The number of nitrogens with zero attached hydrogens (tertiary/aromatic N) is 2. The number of rotatable bonds is 4. The highest BCUT2D eigenvalue weighted by Crippen LogP contribution is 2.35. The number of morpholine rings is 1. The summed E-state index contributed by atoms with van der Waals surface area (Å²) in [5.74, 6) is 1.86. The fourth-order valence-corrected chi connectivity index (χ4v) is 3.27. The maximum Gasteiger partial charge on any atom is 0.132 e. The summed E-state index contributed by atoms with van der Waals surface area (Å²) >= 11 is 2.32. The Kier molecular flexibility index (Phi) is 4.32. The van der Waals surface area contributed by atoms with Crippen LogP contribution in [0.1, 0.15) is 19.3 Å². The summed E-state index contributed by atoms with van der Waals surface area (Å²) in [5, 5.41) is 13.0. The zero-order valence-electron chi connectivity index (χ0n) is 11.4. The van der Waals surface area contributed by atoms with Crippen LogP contribution < -0.4 is 10.2 Å². The first-order valence-electron chi connectivity index (χ1n) is 7.10. The Morgan fingerprint density at radius 1 is 1.35 bits per heavy atom. The van der Waals surface area contributed by atoms with E-state index in [0.717, 1.165) is 54.4 Å². The second-order valence-corrected chi connectivity index (χ2v) is 6.79. The van der Waals surface area contributed by atoms with Gasteiger partial charge in [0.15, 0.2) is 0 Å². The molecule has 2 aliphatic rings. The normalized spacial score (nSPS) is 21.4. The molecule has 1 aliphatic carbocycles. The van der Waals surface area contributed by atoms with Crippen LogP contribution in [0.5, 0.6) is 0 Å². The average Bonchev–Trinajstić information content (AvgIpc) is 2.43. The first kappa shape index (κ1) is 14.3. The van der Waals surface area contributed by atoms with Crippen molar-refractivity contribution in [2.24, 2.45) is 0 Å². The summed E-state index contributed by atoms with van der Waals surface area (Å²) < 4.78 is 6.55. The third-order valence-electron chi connectivity index (χ3n) is 4.12. The van der Waals surface area contributed by atoms with Crippen molar-refractivity contribution in [3.05, 3.63) is 15.7 Å². The summed E-state index contributed by atoms with van der Waals surface area (Å²) in [5.41, 5.74) is -0.153. The summed E-state index contributed by atoms with van der Waals surface area (Å²) in [7, 11) is 0. The molecular weight excluding hydrogens is 369 g/mol. The van der Waals surface area contributed by atoms with E-state index in [1.807, 2.05) is 6.07 Å². The molecule has 0 atom stereocenters. The van der Waals surface area contributed by atoms with Crippen molar-refractivity contribution < 1.29 is 9.84 Å². The zero-order valence-corrected chi connectivity index (χ0v) is 13.6. The third-order valence-corrected chi connectivity index (χ3v) is 4.74. The number of hydrogen-bond acceptors (Lipinski definition) is 5. The third kappa shape index (κ3) is 3.01. The molecule has 2 heterocycles. The molecule has 6 heteroatoms.